The van der Waals surface area contributed by atoms with Gasteiger partial charge in [0.15, 0.2) is 5.69 Å². The molecular weight excluding hydrogens is 246 g/mol. The van der Waals surface area contributed by atoms with E-state index in [1.165, 1.54) is 0 Å². The van der Waals surface area contributed by atoms with Crippen LogP contribution in [0.2, 0.25) is 0 Å². The normalized spacial score (nSPS) is 18.2. The molecule has 2 rings (SSSR count). The number of aromatic amines is 1. The fraction of sp³-hybridized carbons (Fsp3) is 0.692. The van der Waals surface area contributed by atoms with E-state index in [0.29, 0.717) is 5.69 Å². The monoisotopic (exact) mass is 267 g/mol. The fourth-order valence-corrected chi connectivity index (χ4v) is 2.08. The largest absolute Gasteiger partial charge is 0.457 e. The average molecular weight is 267 g/mol. The number of H-pyrrole nitrogens is 1. The number of hydrogen-bond donors (Lipinski definition) is 1. The number of carbonyl (C=O) groups is 1. The molecule has 19 heavy (non-hydrogen) atoms. The van der Waals surface area contributed by atoms with Gasteiger partial charge in [-0.3, -0.25) is 10.00 Å². The third-order valence-corrected chi connectivity index (χ3v) is 3.15. The number of aryl methyl sites for hydroxylation is 1. The summed E-state index contributed by atoms with van der Waals surface area (Å²) in [4.78, 5) is 14.1. The highest BCUT2D eigenvalue weighted by Gasteiger charge is 2.18. The third-order valence-electron chi connectivity index (χ3n) is 3.15. The van der Waals surface area contributed by atoms with Crippen molar-refractivity contribution in [3.8, 4) is 0 Å². The van der Waals surface area contributed by atoms with E-state index in [1.807, 2.05) is 13.8 Å². The number of nitrogens with one attached hydrogen (secondary N) is 1. The Hall–Kier alpha value is -1.40. The number of rotatable bonds is 5. The van der Waals surface area contributed by atoms with Crippen LogP contribution in [-0.4, -0.2) is 60.0 Å². The first-order valence-electron chi connectivity index (χ1n) is 6.74. The number of morpholine rings is 1. The van der Waals surface area contributed by atoms with Crippen LogP contribution in [-0.2, 0) is 15.9 Å². The minimum absolute atomic E-state index is 0.146. The Morgan fingerprint density at radius 3 is 2.95 bits per heavy atom. The summed E-state index contributed by atoms with van der Waals surface area (Å²) in [5, 5.41) is 6.77. The van der Waals surface area contributed by atoms with E-state index >= 15 is 0 Å². The molecule has 6 heteroatoms. The Balaban J connectivity index is 1.80. The summed E-state index contributed by atoms with van der Waals surface area (Å²) in [6.45, 7) is 7.93. The van der Waals surface area contributed by atoms with Crippen molar-refractivity contribution in [2.24, 2.45) is 0 Å². The molecule has 1 saturated heterocycles. The summed E-state index contributed by atoms with van der Waals surface area (Å²) in [7, 11) is 0. The van der Waals surface area contributed by atoms with E-state index in [-0.39, 0.29) is 12.1 Å². The third kappa shape index (κ3) is 4.04. The van der Waals surface area contributed by atoms with Crippen LogP contribution in [0, 0.1) is 0 Å². The van der Waals surface area contributed by atoms with Crippen LogP contribution in [0.5, 0.6) is 0 Å². The summed E-state index contributed by atoms with van der Waals surface area (Å²) >= 11 is 0. The second-order valence-electron chi connectivity index (χ2n) is 4.76. The van der Waals surface area contributed by atoms with Gasteiger partial charge < -0.3 is 9.47 Å². The lowest BCUT2D eigenvalue weighted by Gasteiger charge is -2.28. The van der Waals surface area contributed by atoms with Gasteiger partial charge in [0.05, 0.1) is 13.2 Å². The van der Waals surface area contributed by atoms with Gasteiger partial charge in [-0.05, 0) is 19.4 Å². The predicted octanol–water partition coefficient (Wildman–Crippen LogP) is 0.850. The van der Waals surface area contributed by atoms with Crippen molar-refractivity contribution >= 4 is 5.97 Å². The molecular formula is C13H21N3O3. The van der Waals surface area contributed by atoms with Crippen molar-refractivity contribution in [1.82, 2.24) is 15.1 Å². The standard InChI is InChI=1S/C13H21N3O3/c1-3-11-8-12(15-14-11)13(17)19-10(2)9-16-4-6-18-7-5-16/h8,10H,3-7,9H2,1-2H3,(H,14,15)/t10-/m1/s1. The van der Waals surface area contributed by atoms with Gasteiger partial charge in [-0.2, -0.15) is 5.10 Å². The van der Waals surface area contributed by atoms with E-state index in [4.69, 9.17) is 9.47 Å². The van der Waals surface area contributed by atoms with Crippen LogP contribution < -0.4 is 0 Å². The van der Waals surface area contributed by atoms with E-state index < -0.39 is 0 Å². The van der Waals surface area contributed by atoms with Gasteiger partial charge in [-0.15, -0.1) is 0 Å². The molecule has 0 radical (unpaired) electrons. The second kappa shape index (κ2) is 6.68. The number of esters is 1. The number of hydrogen-bond acceptors (Lipinski definition) is 5. The van der Waals surface area contributed by atoms with Gasteiger partial charge in [-0.25, -0.2) is 4.79 Å². The van der Waals surface area contributed by atoms with Crippen LogP contribution in [0.25, 0.3) is 0 Å². The zero-order chi connectivity index (χ0) is 13.7. The quantitative estimate of drug-likeness (QED) is 0.801. The Kier molecular flexibility index (Phi) is 4.93. The van der Waals surface area contributed by atoms with E-state index in [2.05, 4.69) is 15.1 Å². The van der Waals surface area contributed by atoms with Gasteiger partial charge in [0.25, 0.3) is 0 Å². The Morgan fingerprint density at radius 1 is 1.58 bits per heavy atom. The molecule has 6 nitrogen and oxygen atoms in total. The number of ether oxygens (including phenoxy) is 2. The lowest BCUT2D eigenvalue weighted by Crippen LogP contribution is -2.41. The first kappa shape index (κ1) is 14.0. The van der Waals surface area contributed by atoms with Crippen LogP contribution in [0.1, 0.15) is 30.0 Å². The maximum atomic E-state index is 11.9. The molecule has 1 aromatic rings. The lowest BCUT2D eigenvalue weighted by atomic mass is 10.3. The molecule has 106 valence electrons. The maximum absolute atomic E-state index is 11.9. The van der Waals surface area contributed by atoms with Crippen LogP contribution >= 0.6 is 0 Å². The highest BCUT2D eigenvalue weighted by Crippen LogP contribution is 2.06. The molecule has 0 aromatic carbocycles. The molecule has 0 saturated carbocycles. The summed E-state index contributed by atoms with van der Waals surface area (Å²) in [6.07, 6.45) is 0.677. The van der Waals surface area contributed by atoms with Crippen molar-refractivity contribution < 1.29 is 14.3 Å². The highest BCUT2D eigenvalue weighted by molar-refractivity contribution is 5.87. The van der Waals surface area contributed by atoms with Gasteiger partial charge in [-0.1, -0.05) is 6.92 Å². The van der Waals surface area contributed by atoms with E-state index in [0.717, 1.165) is 45.0 Å². The molecule has 0 spiro atoms. The van der Waals surface area contributed by atoms with Crippen molar-refractivity contribution in [1.29, 1.82) is 0 Å². The topological polar surface area (TPSA) is 67.4 Å². The van der Waals surface area contributed by atoms with Crippen LogP contribution in [0.3, 0.4) is 0 Å². The summed E-state index contributed by atoms with van der Waals surface area (Å²) < 4.78 is 10.7. The molecule has 1 aromatic heterocycles. The molecule has 1 aliphatic rings. The molecule has 1 atom stereocenters. The molecule has 1 aliphatic heterocycles. The molecule has 2 heterocycles. The van der Waals surface area contributed by atoms with Crippen molar-refractivity contribution in [3.63, 3.8) is 0 Å². The zero-order valence-corrected chi connectivity index (χ0v) is 11.5. The average Bonchev–Trinajstić information content (AvgIpc) is 2.88. The molecule has 0 amide bonds. The first-order valence-corrected chi connectivity index (χ1v) is 6.74. The molecule has 1 fully saturated rings. The fourth-order valence-electron chi connectivity index (χ4n) is 2.08. The number of aromatic nitrogens is 2. The van der Waals surface area contributed by atoms with Crippen molar-refractivity contribution in [2.45, 2.75) is 26.4 Å². The zero-order valence-electron chi connectivity index (χ0n) is 11.5. The smallest absolute Gasteiger partial charge is 0.359 e. The second-order valence-corrected chi connectivity index (χ2v) is 4.76. The molecule has 1 N–H and O–H groups in total. The molecule has 0 unspecified atom stereocenters. The Bertz CT molecular complexity index is 413. The van der Waals surface area contributed by atoms with E-state index in [9.17, 15) is 4.79 Å². The van der Waals surface area contributed by atoms with Crippen LogP contribution in [0.15, 0.2) is 6.07 Å². The summed E-state index contributed by atoms with van der Waals surface area (Å²) in [6, 6.07) is 1.74. The van der Waals surface area contributed by atoms with Gasteiger partial charge in [0.1, 0.15) is 6.10 Å². The molecule has 0 aliphatic carbocycles. The number of carbonyl (C=O) groups excluding carboxylic acids is 1. The SMILES string of the molecule is CCc1cc(C(=O)O[C@H](C)CN2CCOCC2)n[nH]1. The van der Waals surface area contributed by atoms with Gasteiger partial charge in [0.2, 0.25) is 0 Å². The molecule has 0 bridgehead atoms. The summed E-state index contributed by atoms with van der Waals surface area (Å²) in [5.41, 5.74) is 1.29. The minimum atomic E-state index is -0.364. The first-order chi connectivity index (χ1) is 9.19. The predicted molar refractivity (Wildman–Crippen MR) is 70.1 cm³/mol. The maximum Gasteiger partial charge on any atom is 0.359 e. The number of nitrogens with zero attached hydrogens (tertiary/aromatic N) is 2. The Labute approximate surface area is 113 Å². The van der Waals surface area contributed by atoms with Crippen LogP contribution in [0.4, 0.5) is 0 Å². The van der Waals surface area contributed by atoms with Gasteiger partial charge >= 0.3 is 5.97 Å². The highest BCUT2D eigenvalue weighted by atomic mass is 16.5. The lowest BCUT2D eigenvalue weighted by molar-refractivity contribution is 0.000115. The van der Waals surface area contributed by atoms with E-state index in [1.54, 1.807) is 6.07 Å². The van der Waals surface area contributed by atoms with Crippen molar-refractivity contribution in [3.05, 3.63) is 17.5 Å². The van der Waals surface area contributed by atoms with Gasteiger partial charge in [0, 0.05) is 25.3 Å². The Morgan fingerprint density at radius 2 is 2.32 bits per heavy atom. The van der Waals surface area contributed by atoms with Crippen molar-refractivity contribution in [2.75, 3.05) is 32.8 Å². The minimum Gasteiger partial charge on any atom is -0.457 e. The summed E-state index contributed by atoms with van der Waals surface area (Å²) in [5.74, 6) is -0.364.